The van der Waals surface area contributed by atoms with Gasteiger partial charge in [-0.1, -0.05) is 30.3 Å². The van der Waals surface area contributed by atoms with Gasteiger partial charge < -0.3 is 15.5 Å². The van der Waals surface area contributed by atoms with Crippen molar-refractivity contribution in [1.82, 2.24) is 5.32 Å². The third kappa shape index (κ3) is 4.08. The van der Waals surface area contributed by atoms with Gasteiger partial charge in [0.25, 0.3) is 0 Å². The van der Waals surface area contributed by atoms with E-state index in [2.05, 4.69) is 5.32 Å². The molecule has 1 aliphatic rings. The van der Waals surface area contributed by atoms with Crippen LogP contribution in [0, 0.1) is 11.3 Å². The Morgan fingerprint density at radius 2 is 1.95 bits per heavy atom. The molecule has 2 unspecified atom stereocenters. The number of hydrogen-bond donors (Lipinski definition) is 2. The van der Waals surface area contributed by atoms with Crippen LogP contribution in [0.2, 0.25) is 0 Å². The lowest BCUT2D eigenvalue weighted by Gasteiger charge is -2.27. The molecule has 1 aliphatic carbocycles. The lowest BCUT2D eigenvalue weighted by atomic mass is 9.85. The molecule has 2 rings (SSSR count). The van der Waals surface area contributed by atoms with E-state index in [4.69, 9.17) is 5.41 Å². The Morgan fingerprint density at radius 3 is 2.67 bits per heavy atom. The largest absolute Gasteiger partial charge is 0.309 e. The van der Waals surface area contributed by atoms with Crippen molar-refractivity contribution >= 4 is 17.8 Å². The van der Waals surface area contributed by atoms with Crippen molar-refractivity contribution < 1.29 is 9.59 Å². The Labute approximate surface area is 125 Å². The zero-order valence-electron chi connectivity index (χ0n) is 12.2. The van der Waals surface area contributed by atoms with E-state index < -0.39 is 5.92 Å². The summed E-state index contributed by atoms with van der Waals surface area (Å²) < 4.78 is 0. The molecule has 0 saturated heterocycles. The van der Waals surface area contributed by atoms with Crippen molar-refractivity contribution in [3.8, 4) is 0 Å². The molecule has 0 aliphatic heterocycles. The minimum Gasteiger partial charge on any atom is -0.309 e. The van der Waals surface area contributed by atoms with Crippen LogP contribution in [0.1, 0.15) is 43.7 Å². The van der Waals surface area contributed by atoms with E-state index in [1.165, 1.54) is 0 Å². The number of nitrogens with one attached hydrogen (secondary N) is 2. The number of hydrogen-bond acceptors (Lipinski definition) is 4. The maximum atomic E-state index is 12.4. The molecule has 0 amide bonds. The minimum absolute atomic E-state index is 0.143. The monoisotopic (exact) mass is 286 g/mol. The topological polar surface area (TPSA) is 70.0 Å². The van der Waals surface area contributed by atoms with Gasteiger partial charge in [-0.05, 0) is 24.8 Å². The van der Waals surface area contributed by atoms with E-state index in [9.17, 15) is 9.59 Å². The third-order valence-electron chi connectivity index (χ3n) is 3.96. The lowest BCUT2D eigenvalue weighted by Crippen LogP contribution is -2.37. The molecule has 112 valence electrons. The summed E-state index contributed by atoms with van der Waals surface area (Å²) in [5, 5.41) is 11.5. The first-order valence-electron chi connectivity index (χ1n) is 7.56. The van der Waals surface area contributed by atoms with Crippen LogP contribution in [-0.4, -0.2) is 24.3 Å². The Hall–Kier alpha value is -1.81. The number of aldehydes is 1. The fourth-order valence-corrected chi connectivity index (χ4v) is 2.89. The van der Waals surface area contributed by atoms with Gasteiger partial charge in [-0.3, -0.25) is 4.79 Å². The van der Waals surface area contributed by atoms with E-state index in [0.29, 0.717) is 31.5 Å². The second-order valence-corrected chi connectivity index (χ2v) is 5.47. The van der Waals surface area contributed by atoms with Gasteiger partial charge in [0.15, 0.2) is 0 Å². The number of rotatable bonds is 6. The summed E-state index contributed by atoms with van der Waals surface area (Å²) in [6.07, 6.45) is 4.30. The van der Waals surface area contributed by atoms with Gasteiger partial charge in [0.1, 0.15) is 12.1 Å². The van der Waals surface area contributed by atoms with Crippen LogP contribution in [0.15, 0.2) is 30.3 Å². The lowest BCUT2D eigenvalue weighted by molar-refractivity contribution is -0.121. The zero-order valence-corrected chi connectivity index (χ0v) is 12.2. The number of benzene rings is 1. The molecule has 4 nitrogen and oxygen atoms in total. The zero-order chi connectivity index (χ0) is 15.1. The molecule has 1 aromatic carbocycles. The molecule has 0 heterocycles. The van der Waals surface area contributed by atoms with E-state index >= 15 is 0 Å². The molecule has 21 heavy (non-hydrogen) atoms. The van der Waals surface area contributed by atoms with E-state index in [-0.39, 0.29) is 11.8 Å². The molecule has 1 saturated carbocycles. The van der Waals surface area contributed by atoms with Crippen molar-refractivity contribution in [3.63, 3.8) is 0 Å². The summed E-state index contributed by atoms with van der Waals surface area (Å²) in [7, 11) is 0. The van der Waals surface area contributed by atoms with E-state index in [1.54, 1.807) is 0 Å². The van der Waals surface area contributed by atoms with Gasteiger partial charge in [0.2, 0.25) is 0 Å². The van der Waals surface area contributed by atoms with Gasteiger partial charge in [0, 0.05) is 31.1 Å². The van der Waals surface area contributed by atoms with Crippen LogP contribution in [0.3, 0.4) is 0 Å². The molecule has 0 aromatic heterocycles. The van der Waals surface area contributed by atoms with Gasteiger partial charge >= 0.3 is 0 Å². The quantitative estimate of drug-likeness (QED) is 0.480. The SMILES string of the molecule is N=C1CCCCC(=O)C1C(NCCC=O)c1ccccc1. The van der Waals surface area contributed by atoms with Gasteiger partial charge in [-0.25, -0.2) is 0 Å². The third-order valence-corrected chi connectivity index (χ3v) is 3.96. The van der Waals surface area contributed by atoms with Crippen molar-refractivity contribution in [2.75, 3.05) is 6.54 Å². The molecule has 4 heteroatoms. The standard InChI is InChI=1S/C17H22N2O2/c18-14-9-4-5-10-15(21)16(14)17(19-11-6-12-20)13-7-2-1-3-8-13/h1-3,7-8,12,16-19H,4-6,9-11H2. The van der Waals surface area contributed by atoms with Crippen LogP contribution >= 0.6 is 0 Å². The maximum Gasteiger partial charge on any atom is 0.143 e. The van der Waals surface area contributed by atoms with Crippen LogP contribution < -0.4 is 5.32 Å². The fourth-order valence-electron chi connectivity index (χ4n) is 2.89. The number of Topliss-reactive ketones (excluding diaryl/α,β-unsaturated/α-hetero) is 1. The van der Waals surface area contributed by atoms with Crippen LogP contribution in [0.25, 0.3) is 0 Å². The smallest absolute Gasteiger partial charge is 0.143 e. The predicted octanol–water partition coefficient (Wildman–Crippen LogP) is 2.69. The first-order valence-corrected chi connectivity index (χ1v) is 7.56. The van der Waals surface area contributed by atoms with Crippen molar-refractivity contribution in [1.29, 1.82) is 5.41 Å². The molecule has 1 aromatic rings. The summed E-state index contributed by atoms with van der Waals surface area (Å²) in [4.78, 5) is 23.0. The van der Waals surface area contributed by atoms with Gasteiger partial charge in [-0.2, -0.15) is 0 Å². The number of ketones is 1. The van der Waals surface area contributed by atoms with Crippen LogP contribution in [0.5, 0.6) is 0 Å². The van der Waals surface area contributed by atoms with Crippen LogP contribution in [0.4, 0.5) is 0 Å². The van der Waals surface area contributed by atoms with Crippen LogP contribution in [-0.2, 0) is 9.59 Å². The molecule has 0 spiro atoms. The second-order valence-electron chi connectivity index (χ2n) is 5.47. The van der Waals surface area contributed by atoms with E-state index in [0.717, 1.165) is 24.7 Å². The normalized spacial score (nSPS) is 20.9. The molecular formula is C17H22N2O2. The highest BCUT2D eigenvalue weighted by Gasteiger charge is 2.33. The predicted molar refractivity (Wildman–Crippen MR) is 82.6 cm³/mol. The Balaban J connectivity index is 2.26. The summed E-state index contributed by atoms with van der Waals surface area (Å²) in [5.41, 5.74) is 1.53. The second kappa shape index (κ2) is 7.84. The first-order chi connectivity index (χ1) is 10.2. The molecular weight excluding hydrogens is 264 g/mol. The number of carbonyl (C=O) groups is 2. The van der Waals surface area contributed by atoms with E-state index in [1.807, 2.05) is 30.3 Å². The Morgan fingerprint density at radius 1 is 1.24 bits per heavy atom. The van der Waals surface area contributed by atoms with Crippen molar-refractivity contribution in [3.05, 3.63) is 35.9 Å². The highest BCUT2D eigenvalue weighted by atomic mass is 16.1. The van der Waals surface area contributed by atoms with Crippen molar-refractivity contribution in [2.45, 2.75) is 38.1 Å². The van der Waals surface area contributed by atoms with Gasteiger partial charge in [-0.15, -0.1) is 0 Å². The average Bonchev–Trinajstić information content (AvgIpc) is 2.67. The van der Waals surface area contributed by atoms with Crippen molar-refractivity contribution in [2.24, 2.45) is 5.92 Å². The summed E-state index contributed by atoms with van der Waals surface area (Å²) in [6.45, 7) is 0.528. The Bertz CT molecular complexity index is 481. The fraction of sp³-hybridized carbons (Fsp3) is 0.471. The molecule has 2 N–H and O–H groups in total. The first kappa shape index (κ1) is 15.6. The summed E-state index contributed by atoms with van der Waals surface area (Å²) in [6, 6.07) is 9.56. The van der Waals surface area contributed by atoms with Gasteiger partial charge in [0.05, 0.1) is 5.92 Å². The minimum atomic E-state index is -0.401. The average molecular weight is 286 g/mol. The Kier molecular flexibility index (Phi) is 5.81. The summed E-state index contributed by atoms with van der Waals surface area (Å²) >= 11 is 0. The summed E-state index contributed by atoms with van der Waals surface area (Å²) in [5.74, 6) is -0.258. The highest BCUT2D eigenvalue weighted by molar-refractivity contribution is 6.05. The maximum absolute atomic E-state index is 12.4. The molecule has 0 radical (unpaired) electrons. The molecule has 0 bridgehead atoms. The number of carbonyl (C=O) groups excluding carboxylic acids is 2. The molecule has 2 atom stereocenters. The highest BCUT2D eigenvalue weighted by Crippen LogP contribution is 2.29. The molecule has 1 fully saturated rings.